The van der Waals surface area contributed by atoms with Crippen LogP contribution in [-0.4, -0.2) is 46.1 Å². The first kappa shape index (κ1) is 12.0. The summed E-state index contributed by atoms with van der Waals surface area (Å²) >= 11 is 0. The van der Waals surface area contributed by atoms with Gasteiger partial charge in [-0.25, -0.2) is 0 Å². The van der Waals surface area contributed by atoms with E-state index in [1.807, 2.05) is 6.92 Å². The minimum atomic E-state index is 0.742. The Bertz CT molecular complexity index is 124. The van der Waals surface area contributed by atoms with Crippen LogP contribution in [-0.2, 0) is 9.47 Å². The fourth-order valence-corrected chi connectivity index (χ4v) is 1.88. The molecule has 1 rings (SSSR count). The number of likely N-dealkylation sites (tertiary alicyclic amines) is 1. The maximum Gasteiger partial charge on any atom is 0.101 e. The zero-order chi connectivity index (χ0) is 10.1. The fourth-order valence-electron chi connectivity index (χ4n) is 1.88. The van der Waals surface area contributed by atoms with Gasteiger partial charge in [-0.15, -0.1) is 0 Å². The van der Waals surface area contributed by atoms with Gasteiger partial charge >= 0.3 is 0 Å². The Kier molecular flexibility index (Phi) is 7.01. The molecule has 0 aromatic rings. The summed E-state index contributed by atoms with van der Waals surface area (Å²) in [5.41, 5.74) is 0. The number of ether oxygens (including phenoxy) is 2. The van der Waals surface area contributed by atoms with Crippen LogP contribution in [0.5, 0.6) is 0 Å². The molecule has 0 spiro atoms. The van der Waals surface area contributed by atoms with Gasteiger partial charge in [-0.05, 0) is 26.2 Å². The van der Waals surface area contributed by atoms with Crippen LogP contribution < -0.4 is 4.90 Å². The Morgan fingerprint density at radius 1 is 0.929 bits per heavy atom. The molecule has 0 atom stereocenters. The Hall–Kier alpha value is -0.120. The van der Waals surface area contributed by atoms with Crippen LogP contribution >= 0.6 is 0 Å². The maximum absolute atomic E-state index is 5.49. The molecular formula is C11H24NO2+. The molecule has 0 aliphatic carbocycles. The van der Waals surface area contributed by atoms with Crippen molar-refractivity contribution in [3.8, 4) is 0 Å². The summed E-state index contributed by atoms with van der Waals surface area (Å²) in [6.07, 6.45) is 4.22. The molecule has 3 nitrogen and oxygen atoms in total. The van der Waals surface area contributed by atoms with Crippen molar-refractivity contribution in [3.05, 3.63) is 0 Å². The van der Waals surface area contributed by atoms with E-state index in [-0.39, 0.29) is 0 Å². The van der Waals surface area contributed by atoms with Crippen molar-refractivity contribution in [2.24, 2.45) is 0 Å². The largest absolute Gasteiger partial charge is 0.379 e. The van der Waals surface area contributed by atoms with E-state index in [9.17, 15) is 0 Å². The lowest BCUT2D eigenvalue weighted by atomic mass is 10.1. The molecule has 0 unspecified atom stereocenters. The van der Waals surface area contributed by atoms with Crippen molar-refractivity contribution < 1.29 is 14.4 Å². The number of rotatable bonds is 7. The van der Waals surface area contributed by atoms with E-state index in [1.54, 1.807) is 4.90 Å². The molecule has 0 aromatic heterocycles. The smallest absolute Gasteiger partial charge is 0.101 e. The van der Waals surface area contributed by atoms with E-state index in [1.165, 1.54) is 38.9 Å². The lowest BCUT2D eigenvalue weighted by Crippen LogP contribution is -3.13. The van der Waals surface area contributed by atoms with Crippen LogP contribution in [0.15, 0.2) is 0 Å². The Morgan fingerprint density at radius 2 is 1.64 bits per heavy atom. The highest BCUT2D eigenvalue weighted by atomic mass is 16.5. The quantitative estimate of drug-likeness (QED) is 0.592. The predicted octanol–water partition coefficient (Wildman–Crippen LogP) is 0.108. The van der Waals surface area contributed by atoms with Gasteiger partial charge in [-0.1, -0.05) is 0 Å². The third-order valence-corrected chi connectivity index (χ3v) is 2.74. The monoisotopic (exact) mass is 202 g/mol. The van der Waals surface area contributed by atoms with Gasteiger partial charge in [-0.2, -0.15) is 0 Å². The van der Waals surface area contributed by atoms with Crippen LogP contribution in [0.4, 0.5) is 0 Å². The summed E-state index contributed by atoms with van der Waals surface area (Å²) in [6, 6.07) is 0. The van der Waals surface area contributed by atoms with E-state index in [4.69, 9.17) is 9.47 Å². The molecule has 0 saturated carbocycles. The first-order chi connectivity index (χ1) is 6.93. The van der Waals surface area contributed by atoms with Gasteiger partial charge in [-0.3, -0.25) is 0 Å². The van der Waals surface area contributed by atoms with Crippen molar-refractivity contribution >= 4 is 0 Å². The Balaban J connectivity index is 1.82. The van der Waals surface area contributed by atoms with Crippen molar-refractivity contribution in [1.82, 2.24) is 0 Å². The molecule has 84 valence electrons. The average Bonchev–Trinajstić information content (AvgIpc) is 2.25. The second kappa shape index (κ2) is 8.21. The lowest BCUT2D eigenvalue weighted by Gasteiger charge is -2.23. The SMILES string of the molecule is CCOCCOCC[NH+]1CCCCC1. The van der Waals surface area contributed by atoms with E-state index >= 15 is 0 Å². The molecular weight excluding hydrogens is 178 g/mol. The van der Waals surface area contributed by atoms with Crippen LogP contribution in [0, 0.1) is 0 Å². The predicted molar refractivity (Wildman–Crippen MR) is 56.7 cm³/mol. The summed E-state index contributed by atoms with van der Waals surface area (Å²) in [5.74, 6) is 0. The maximum atomic E-state index is 5.49. The van der Waals surface area contributed by atoms with Crippen LogP contribution in [0.3, 0.4) is 0 Å². The lowest BCUT2D eigenvalue weighted by molar-refractivity contribution is -0.905. The molecule has 3 heteroatoms. The summed E-state index contributed by atoms with van der Waals surface area (Å²) in [6.45, 7) is 9.05. The molecule has 1 saturated heterocycles. The molecule has 0 amide bonds. The highest BCUT2D eigenvalue weighted by Crippen LogP contribution is 1.93. The van der Waals surface area contributed by atoms with Crippen molar-refractivity contribution in [2.45, 2.75) is 26.2 Å². The molecule has 14 heavy (non-hydrogen) atoms. The van der Waals surface area contributed by atoms with Crippen LogP contribution in [0.2, 0.25) is 0 Å². The molecule has 1 aliphatic heterocycles. The molecule has 0 radical (unpaired) electrons. The molecule has 1 aliphatic rings. The van der Waals surface area contributed by atoms with Crippen LogP contribution in [0.1, 0.15) is 26.2 Å². The van der Waals surface area contributed by atoms with Gasteiger partial charge in [0.1, 0.15) is 6.54 Å². The molecule has 0 aromatic carbocycles. The molecule has 0 bridgehead atoms. The number of hydrogen-bond donors (Lipinski definition) is 1. The van der Waals surface area contributed by atoms with E-state index in [2.05, 4.69) is 0 Å². The number of hydrogen-bond acceptors (Lipinski definition) is 2. The minimum Gasteiger partial charge on any atom is -0.379 e. The summed E-state index contributed by atoms with van der Waals surface area (Å²) < 4.78 is 10.7. The zero-order valence-electron chi connectivity index (χ0n) is 9.39. The van der Waals surface area contributed by atoms with E-state index < -0.39 is 0 Å². The third kappa shape index (κ3) is 5.58. The summed E-state index contributed by atoms with van der Waals surface area (Å²) in [5, 5.41) is 0. The highest BCUT2D eigenvalue weighted by Gasteiger charge is 2.12. The summed E-state index contributed by atoms with van der Waals surface area (Å²) in [4.78, 5) is 1.72. The third-order valence-electron chi connectivity index (χ3n) is 2.74. The van der Waals surface area contributed by atoms with Crippen molar-refractivity contribution in [2.75, 3.05) is 46.1 Å². The number of piperidine rings is 1. The highest BCUT2D eigenvalue weighted by molar-refractivity contribution is 4.45. The molecule has 1 heterocycles. The molecule has 1 fully saturated rings. The van der Waals surface area contributed by atoms with Crippen molar-refractivity contribution in [3.63, 3.8) is 0 Å². The van der Waals surface area contributed by atoms with E-state index in [0.29, 0.717) is 0 Å². The second-order valence-corrected chi connectivity index (χ2v) is 3.87. The number of nitrogens with one attached hydrogen (secondary N) is 1. The zero-order valence-corrected chi connectivity index (χ0v) is 9.39. The molecule has 1 N–H and O–H groups in total. The Morgan fingerprint density at radius 3 is 2.36 bits per heavy atom. The first-order valence-corrected chi connectivity index (χ1v) is 5.92. The normalized spacial score (nSPS) is 18.6. The van der Waals surface area contributed by atoms with Gasteiger partial charge in [0, 0.05) is 6.61 Å². The van der Waals surface area contributed by atoms with Gasteiger partial charge in [0.05, 0.1) is 32.9 Å². The topological polar surface area (TPSA) is 22.9 Å². The van der Waals surface area contributed by atoms with Gasteiger partial charge < -0.3 is 14.4 Å². The fraction of sp³-hybridized carbons (Fsp3) is 1.00. The van der Waals surface area contributed by atoms with Gasteiger partial charge in [0.15, 0.2) is 0 Å². The summed E-state index contributed by atoms with van der Waals surface area (Å²) in [7, 11) is 0. The average molecular weight is 202 g/mol. The van der Waals surface area contributed by atoms with Gasteiger partial charge in [0.2, 0.25) is 0 Å². The van der Waals surface area contributed by atoms with Gasteiger partial charge in [0.25, 0.3) is 0 Å². The first-order valence-electron chi connectivity index (χ1n) is 5.92. The minimum absolute atomic E-state index is 0.742. The standard InChI is InChI=1S/C11H23NO2/c1-2-13-10-11-14-9-8-12-6-4-3-5-7-12/h2-11H2,1H3/p+1. The van der Waals surface area contributed by atoms with E-state index in [0.717, 1.165) is 26.4 Å². The van der Waals surface area contributed by atoms with Crippen LogP contribution in [0.25, 0.3) is 0 Å². The second-order valence-electron chi connectivity index (χ2n) is 3.87. The van der Waals surface area contributed by atoms with Crippen molar-refractivity contribution in [1.29, 1.82) is 0 Å². The Labute approximate surface area is 87.4 Å². The number of quaternary nitrogens is 1.